The monoisotopic (exact) mass is 525 g/mol. The minimum atomic E-state index is 0.108. The molecule has 0 spiro atoms. The van der Waals surface area contributed by atoms with Crippen LogP contribution in [-0.2, 0) is 15.9 Å². The van der Waals surface area contributed by atoms with Crippen LogP contribution in [0.4, 0.5) is 0 Å². The van der Waals surface area contributed by atoms with Crippen molar-refractivity contribution in [3.63, 3.8) is 0 Å². The standard InChI is InChI=1S/C32H35N3O2S/c1-3-19-4-17-26-27(18-19)34-29(33-26)25-15-11-23(12-16-25)21-7-5-20(6-8-21)22-9-13-24(14-10-22)28-30(36-2)35-31-32(37-31)38-28/h4-8,11-12,15-18,22,24,28,30-32,35H,3,9-10,13-14H2,1-2H3,(H,33,34). The molecule has 4 unspecified atom stereocenters. The number of nitrogens with one attached hydrogen (secondary N) is 2. The molecule has 0 bridgehead atoms. The number of rotatable bonds is 6. The molecule has 2 saturated heterocycles. The highest BCUT2D eigenvalue weighted by atomic mass is 32.2. The number of epoxide rings is 1. The van der Waals surface area contributed by atoms with Crippen molar-refractivity contribution in [3.05, 3.63) is 77.9 Å². The molecule has 1 aromatic heterocycles. The van der Waals surface area contributed by atoms with E-state index in [1.807, 2.05) is 18.9 Å². The van der Waals surface area contributed by atoms with Gasteiger partial charge in [-0.25, -0.2) is 4.98 Å². The molecular formula is C32H35N3O2S. The Morgan fingerprint density at radius 1 is 0.921 bits per heavy atom. The molecule has 5 nitrogen and oxygen atoms in total. The summed E-state index contributed by atoms with van der Waals surface area (Å²) >= 11 is 1.98. The van der Waals surface area contributed by atoms with E-state index < -0.39 is 0 Å². The van der Waals surface area contributed by atoms with Gasteiger partial charge in [-0.3, -0.25) is 5.32 Å². The number of H-pyrrole nitrogens is 1. The summed E-state index contributed by atoms with van der Waals surface area (Å²) in [6.07, 6.45) is 6.35. The minimum absolute atomic E-state index is 0.108. The lowest BCUT2D eigenvalue weighted by atomic mass is 9.77. The smallest absolute Gasteiger partial charge is 0.147 e. The van der Waals surface area contributed by atoms with Crippen molar-refractivity contribution in [2.24, 2.45) is 5.92 Å². The highest BCUT2D eigenvalue weighted by molar-refractivity contribution is 8.00. The average Bonchev–Trinajstić information content (AvgIpc) is 3.62. The SMILES string of the molecule is CCc1ccc2nc(-c3ccc(-c4ccc(C5CCC(C6SC7OC7NC6OC)CC5)cc4)cc3)[nH]c2c1. The van der Waals surface area contributed by atoms with Crippen LogP contribution in [0.1, 0.15) is 49.7 Å². The maximum atomic E-state index is 5.76. The average molecular weight is 526 g/mol. The Bertz CT molecular complexity index is 1410. The Hall–Kier alpha value is -2.64. The van der Waals surface area contributed by atoms with E-state index in [1.54, 1.807) is 0 Å². The number of ether oxygens (including phenoxy) is 2. The van der Waals surface area contributed by atoms with Gasteiger partial charge in [0.1, 0.15) is 23.7 Å². The van der Waals surface area contributed by atoms with Crippen LogP contribution in [0.3, 0.4) is 0 Å². The third-order valence-corrected chi connectivity index (χ3v) is 10.3. The predicted molar refractivity (Wildman–Crippen MR) is 155 cm³/mol. The second kappa shape index (κ2) is 10.2. The van der Waals surface area contributed by atoms with E-state index in [9.17, 15) is 0 Å². The summed E-state index contributed by atoms with van der Waals surface area (Å²) in [6, 6.07) is 24.5. The molecule has 3 fully saturated rings. The quantitative estimate of drug-likeness (QED) is 0.263. The third-order valence-electron chi connectivity index (χ3n) is 8.69. The molecule has 4 atom stereocenters. The van der Waals surface area contributed by atoms with Gasteiger partial charge in [0, 0.05) is 17.9 Å². The molecule has 2 aliphatic heterocycles. The van der Waals surface area contributed by atoms with Gasteiger partial charge in [-0.15, -0.1) is 11.8 Å². The molecule has 0 radical (unpaired) electrons. The normalized spacial score (nSPS) is 28.8. The van der Waals surface area contributed by atoms with Crippen LogP contribution in [0.15, 0.2) is 66.7 Å². The molecule has 0 amide bonds. The summed E-state index contributed by atoms with van der Waals surface area (Å²) in [6.45, 7) is 2.18. The summed E-state index contributed by atoms with van der Waals surface area (Å²) in [5.41, 5.74) is 8.86. The Morgan fingerprint density at radius 2 is 1.63 bits per heavy atom. The molecule has 3 aliphatic rings. The van der Waals surface area contributed by atoms with Crippen LogP contribution in [0.5, 0.6) is 0 Å². The number of fused-ring (bicyclic) bond motifs is 2. The fourth-order valence-electron chi connectivity index (χ4n) is 6.33. The van der Waals surface area contributed by atoms with Crippen LogP contribution in [-0.4, -0.2) is 40.2 Å². The Morgan fingerprint density at radius 3 is 2.34 bits per heavy atom. The van der Waals surface area contributed by atoms with Crippen molar-refractivity contribution in [2.45, 2.75) is 68.1 Å². The second-order valence-electron chi connectivity index (χ2n) is 11.0. The summed E-state index contributed by atoms with van der Waals surface area (Å²) in [7, 11) is 1.81. The van der Waals surface area contributed by atoms with Crippen molar-refractivity contribution in [1.82, 2.24) is 15.3 Å². The largest absolute Gasteiger partial charge is 0.365 e. The lowest BCUT2D eigenvalue weighted by Gasteiger charge is -2.38. The molecule has 6 heteroatoms. The lowest BCUT2D eigenvalue weighted by Crippen LogP contribution is -2.49. The predicted octanol–water partition coefficient (Wildman–Crippen LogP) is 7.09. The van der Waals surface area contributed by atoms with Gasteiger partial charge in [-0.1, -0.05) is 61.5 Å². The molecule has 4 aromatic rings. The van der Waals surface area contributed by atoms with Gasteiger partial charge in [0.2, 0.25) is 0 Å². The molecule has 38 heavy (non-hydrogen) atoms. The van der Waals surface area contributed by atoms with Crippen LogP contribution < -0.4 is 5.32 Å². The van der Waals surface area contributed by atoms with Crippen LogP contribution in [0.2, 0.25) is 0 Å². The van der Waals surface area contributed by atoms with Gasteiger partial charge in [0.25, 0.3) is 0 Å². The summed E-state index contributed by atoms with van der Waals surface area (Å²) in [5.74, 6) is 2.27. The molecule has 2 N–H and O–H groups in total. The molecule has 1 aliphatic carbocycles. The first-order valence-corrected chi connectivity index (χ1v) is 14.9. The summed E-state index contributed by atoms with van der Waals surface area (Å²) < 4.78 is 11.4. The molecule has 7 rings (SSSR count). The number of aryl methyl sites for hydroxylation is 1. The third kappa shape index (κ3) is 4.68. The van der Waals surface area contributed by atoms with E-state index in [0.29, 0.717) is 22.5 Å². The number of aromatic nitrogens is 2. The number of hydrogen-bond donors (Lipinski definition) is 2. The van der Waals surface area contributed by atoms with Crippen LogP contribution in [0, 0.1) is 5.92 Å². The van der Waals surface area contributed by atoms with Crippen molar-refractivity contribution in [2.75, 3.05) is 7.11 Å². The zero-order chi connectivity index (χ0) is 25.6. The minimum Gasteiger partial charge on any atom is -0.365 e. The number of imidazole rings is 1. The summed E-state index contributed by atoms with van der Waals surface area (Å²) in [4.78, 5) is 8.29. The number of thioether (sulfide) groups is 1. The van der Waals surface area contributed by atoms with Gasteiger partial charge < -0.3 is 14.5 Å². The summed E-state index contributed by atoms with van der Waals surface area (Å²) in [5, 5.41) is 3.99. The molecule has 3 aromatic carbocycles. The van der Waals surface area contributed by atoms with E-state index in [0.717, 1.165) is 28.8 Å². The van der Waals surface area contributed by atoms with Gasteiger partial charge in [-0.05, 0) is 78.3 Å². The fraction of sp³-hybridized carbons (Fsp3) is 0.406. The number of aromatic amines is 1. The maximum absolute atomic E-state index is 5.76. The Balaban J connectivity index is 0.998. The van der Waals surface area contributed by atoms with E-state index in [-0.39, 0.29) is 12.5 Å². The van der Waals surface area contributed by atoms with E-state index in [1.165, 1.54) is 47.9 Å². The van der Waals surface area contributed by atoms with Crippen molar-refractivity contribution in [1.29, 1.82) is 0 Å². The van der Waals surface area contributed by atoms with E-state index in [4.69, 9.17) is 14.5 Å². The van der Waals surface area contributed by atoms with Gasteiger partial charge in [0.15, 0.2) is 0 Å². The Kier molecular flexibility index (Phi) is 6.52. The first kappa shape index (κ1) is 24.4. The fourth-order valence-corrected chi connectivity index (χ4v) is 7.87. The zero-order valence-corrected chi connectivity index (χ0v) is 22.8. The van der Waals surface area contributed by atoms with Crippen molar-refractivity contribution in [3.8, 4) is 22.5 Å². The first-order chi connectivity index (χ1) is 18.7. The van der Waals surface area contributed by atoms with Gasteiger partial charge >= 0.3 is 0 Å². The van der Waals surface area contributed by atoms with Crippen molar-refractivity contribution < 1.29 is 9.47 Å². The number of benzene rings is 3. The molecule has 3 heterocycles. The number of methoxy groups -OCH3 is 1. The number of nitrogens with zero attached hydrogens (tertiary/aromatic N) is 1. The van der Waals surface area contributed by atoms with E-state index >= 15 is 0 Å². The molecular weight excluding hydrogens is 490 g/mol. The second-order valence-corrected chi connectivity index (χ2v) is 12.2. The highest BCUT2D eigenvalue weighted by Gasteiger charge is 2.51. The van der Waals surface area contributed by atoms with Gasteiger partial charge in [-0.2, -0.15) is 0 Å². The Labute approximate surface area is 228 Å². The first-order valence-electron chi connectivity index (χ1n) is 14.0. The van der Waals surface area contributed by atoms with Crippen LogP contribution in [0.25, 0.3) is 33.5 Å². The topological polar surface area (TPSA) is 62.5 Å². The van der Waals surface area contributed by atoms with Gasteiger partial charge in [0.05, 0.1) is 11.0 Å². The molecule has 196 valence electrons. The zero-order valence-electron chi connectivity index (χ0n) is 22.0. The number of hydrogen-bond acceptors (Lipinski definition) is 5. The maximum Gasteiger partial charge on any atom is 0.147 e. The van der Waals surface area contributed by atoms with Crippen LogP contribution >= 0.6 is 11.8 Å². The lowest BCUT2D eigenvalue weighted by molar-refractivity contribution is 0.0421. The van der Waals surface area contributed by atoms with Crippen molar-refractivity contribution >= 4 is 22.8 Å². The van der Waals surface area contributed by atoms with E-state index in [2.05, 4.69) is 84.0 Å². The highest BCUT2D eigenvalue weighted by Crippen LogP contribution is 2.48. The molecule has 1 saturated carbocycles.